The van der Waals surface area contributed by atoms with Gasteiger partial charge in [0.2, 0.25) is 5.91 Å². The number of nitrogens with zero attached hydrogens (tertiary/aromatic N) is 3. The molecule has 4 rings (SSSR count). The fraction of sp³-hybridized carbons (Fsp3) is 0.238. The van der Waals surface area contributed by atoms with Gasteiger partial charge in [0.05, 0.1) is 34.3 Å². The van der Waals surface area contributed by atoms with E-state index in [1.54, 1.807) is 6.07 Å². The maximum Gasteiger partial charge on any atom is 0.261 e. The van der Waals surface area contributed by atoms with Crippen LogP contribution in [-0.2, 0) is 11.3 Å². The number of fused-ring (bicyclic) bond motifs is 2. The number of para-hydroxylation sites is 3. The van der Waals surface area contributed by atoms with Gasteiger partial charge in [-0.1, -0.05) is 24.3 Å². The van der Waals surface area contributed by atoms with Gasteiger partial charge in [-0.3, -0.25) is 14.2 Å². The van der Waals surface area contributed by atoms with Gasteiger partial charge in [-0.15, -0.1) is 0 Å². The predicted octanol–water partition coefficient (Wildman–Crippen LogP) is 2.85. The van der Waals surface area contributed by atoms with E-state index >= 15 is 0 Å². The van der Waals surface area contributed by atoms with E-state index < -0.39 is 0 Å². The topological polar surface area (TPSA) is 92.7 Å². The van der Waals surface area contributed by atoms with Crippen molar-refractivity contribution < 1.29 is 4.79 Å². The van der Waals surface area contributed by atoms with Gasteiger partial charge in [0.1, 0.15) is 5.82 Å². The lowest BCUT2D eigenvalue weighted by Gasteiger charge is -2.12. The number of H-pyrrole nitrogens is 1. The maximum absolute atomic E-state index is 12.6. The summed E-state index contributed by atoms with van der Waals surface area (Å²) in [7, 11) is 0. The van der Waals surface area contributed by atoms with Crippen LogP contribution < -0.4 is 10.9 Å². The molecule has 0 aliphatic heterocycles. The highest BCUT2D eigenvalue weighted by Crippen LogP contribution is 2.15. The van der Waals surface area contributed by atoms with Gasteiger partial charge in [-0.25, -0.2) is 9.97 Å². The van der Waals surface area contributed by atoms with E-state index in [1.807, 2.05) is 50.2 Å². The van der Waals surface area contributed by atoms with Crippen molar-refractivity contribution in [2.75, 3.05) is 0 Å². The van der Waals surface area contributed by atoms with Crippen molar-refractivity contribution in [3.05, 3.63) is 70.5 Å². The summed E-state index contributed by atoms with van der Waals surface area (Å²) in [6.07, 6.45) is 1.69. The van der Waals surface area contributed by atoms with Crippen molar-refractivity contribution >= 4 is 27.8 Å². The highest BCUT2D eigenvalue weighted by Gasteiger charge is 2.14. The van der Waals surface area contributed by atoms with Gasteiger partial charge in [0, 0.05) is 13.0 Å². The number of aromatic amines is 1. The van der Waals surface area contributed by atoms with Gasteiger partial charge in [-0.05, 0) is 37.6 Å². The van der Waals surface area contributed by atoms with Crippen LogP contribution in [0.1, 0.15) is 30.8 Å². The highest BCUT2D eigenvalue weighted by molar-refractivity contribution is 5.80. The third-order valence-electron chi connectivity index (χ3n) is 4.83. The van der Waals surface area contributed by atoms with Gasteiger partial charge in [0.25, 0.3) is 5.56 Å². The zero-order chi connectivity index (χ0) is 19.7. The van der Waals surface area contributed by atoms with E-state index in [0.717, 1.165) is 16.6 Å². The number of aryl methyl sites for hydroxylation is 2. The minimum Gasteiger partial charge on any atom is -0.346 e. The number of imidazole rings is 1. The second-order valence-electron chi connectivity index (χ2n) is 6.89. The van der Waals surface area contributed by atoms with Crippen LogP contribution in [0.15, 0.2) is 53.6 Å². The number of carbonyl (C=O) groups excluding carboxylic acids is 1. The molecule has 28 heavy (non-hydrogen) atoms. The Hall–Kier alpha value is -3.48. The summed E-state index contributed by atoms with van der Waals surface area (Å²) in [5.41, 5.74) is 3.32. The molecule has 0 aliphatic carbocycles. The van der Waals surface area contributed by atoms with Crippen molar-refractivity contribution in [1.82, 2.24) is 24.8 Å². The molecule has 0 saturated carbocycles. The lowest BCUT2D eigenvalue weighted by Crippen LogP contribution is -2.30. The Balaban J connectivity index is 1.43. The molecule has 0 fully saturated rings. The normalized spacial score (nSPS) is 12.4. The van der Waals surface area contributed by atoms with Crippen LogP contribution in [0, 0.1) is 6.92 Å². The zero-order valence-electron chi connectivity index (χ0n) is 15.8. The molecule has 2 N–H and O–H groups in total. The molecular formula is C21H21N5O2. The molecule has 1 amide bonds. The molecule has 2 aromatic carbocycles. The third-order valence-corrected chi connectivity index (χ3v) is 4.83. The smallest absolute Gasteiger partial charge is 0.261 e. The summed E-state index contributed by atoms with van der Waals surface area (Å²) in [6, 6.07) is 13.0. The van der Waals surface area contributed by atoms with Gasteiger partial charge in [0.15, 0.2) is 0 Å². The van der Waals surface area contributed by atoms with E-state index in [9.17, 15) is 9.59 Å². The van der Waals surface area contributed by atoms with E-state index in [4.69, 9.17) is 0 Å². The number of benzene rings is 2. The quantitative estimate of drug-likeness (QED) is 0.561. The molecule has 0 spiro atoms. The number of amides is 1. The second-order valence-corrected chi connectivity index (χ2v) is 6.89. The molecule has 0 radical (unpaired) electrons. The van der Waals surface area contributed by atoms with Crippen LogP contribution in [0.25, 0.3) is 21.9 Å². The molecule has 2 heterocycles. The van der Waals surface area contributed by atoms with Crippen molar-refractivity contribution in [2.45, 2.75) is 32.9 Å². The summed E-state index contributed by atoms with van der Waals surface area (Å²) in [5, 5.41) is 3.49. The van der Waals surface area contributed by atoms with Gasteiger partial charge < -0.3 is 10.3 Å². The number of carbonyl (C=O) groups is 1. The summed E-state index contributed by atoms with van der Waals surface area (Å²) < 4.78 is 1.48. The zero-order valence-corrected chi connectivity index (χ0v) is 15.8. The Bertz CT molecular complexity index is 1190. The highest BCUT2D eigenvalue weighted by atomic mass is 16.2. The average molecular weight is 375 g/mol. The van der Waals surface area contributed by atoms with Crippen LogP contribution in [0.2, 0.25) is 0 Å². The number of aromatic nitrogens is 4. The summed E-state index contributed by atoms with van der Waals surface area (Å²) in [5.74, 6) is 0.554. The Morgan fingerprint density at radius 2 is 2.04 bits per heavy atom. The van der Waals surface area contributed by atoms with E-state index in [1.165, 1.54) is 10.9 Å². The van der Waals surface area contributed by atoms with Crippen molar-refractivity contribution in [3.8, 4) is 0 Å². The fourth-order valence-electron chi connectivity index (χ4n) is 3.28. The van der Waals surface area contributed by atoms with Crippen LogP contribution in [0.4, 0.5) is 0 Å². The summed E-state index contributed by atoms with van der Waals surface area (Å²) in [4.78, 5) is 37.1. The van der Waals surface area contributed by atoms with Crippen molar-refractivity contribution in [3.63, 3.8) is 0 Å². The Labute approximate surface area is 161 Å². The Morgan fingerprint density at radius 3 is 2.86 bits per heavy atom. The monoisotopic (exact) mass is 375 g/mol. The first kappa shape index (κ1) is 17.9. The lowest BCUT2D eigenvalue weighted by atomic mass is 10.1. The first-order chi connectivity index (χ1) is 13.5. The van der Waals surface area contributed by atoms with E-state index in [-0.39, 0.29) is 30.5 Å². The van der Waals surface area contributed by atoms with E-state index in [2.05, 4.69) is 20.3 Å². The van der Waals surface area contributed by atoms with Crippen LogP contribution in [0.3, 0.4) is 0 Å². The summed E-state index contributed by atoms with van der Waals surface area (Å²) >= 11 is 0. The molecule has 0 bridgehead atoms. The van der Waals surface area contributed by atoms with Crippen LogP contribution >= 0.6 is 0 Å². The maximum atomic E-state index is 12.6. The standard InChI is InChI=1S/C21H21N5O2/c1-13-6-5-7-15-19(13)22-12-26(21(15)28)11-10-18(27)23-14(2)20-24-16-8-3-4-9-17(16)25-20/h3-9,12,14H,10-11H2,1-2H3,(H,23,27)(H,24,25). The second kappa shape index (κ2) is 7.26. The SMILES string of the molecule is Cc1cccc2c(=O)n(CCC(=O)NC(C)c3nc4ccccc4[nH]3)cnc12. The Morgan fingerprint density at radius 1 is 1.21 bits per heavy atom. The Kier molecular flexibility index (Phi) is 4.65. The number of nitrogens with one attached hydrogen (secondary N) is 2. The molecule has 1 unspecified atom stereocenters. The van der Waals surface area contributed by atoms with Crippen molar-refractivity contribution in [2.24, 2.45) is 0 Å². The van der Waals surface area contributed by atoms with Crippen LogP contribution in [-0.4, -0.2) is 25.4 Å². The largest absolute Gasteiger partial charge is 0.346 e. The molecule has 0 saturated heterocycles. The fourth-order valence-corrected chi connectivity index (χ4v) is 3.28. The number of hydrogen-bond donors (Lipinski definition) is 2. The molecule has 0 aliphatic rings. The van der Waals surface area contributed by atoms with Gasteiger partial charge >= 0.3 is 0 Å². The van der Waals surface area contributed by atoms with Crippen molar-refractivity contribution in [1.29, 1.82) is 0 Å². The molecule has 142 valence electrons. The average Bonchev–Trinajstić information content (AvgIpc) is 3.12. The third kappa shape index (κ3) is 3.38. The molecule has 2 aromatic heterocycles. The number of rotatable bonds is 5. The molecule has 7 heteroatoms. The van der Waals surface area contributed by atoms with Crippen LogP contribution in [0.5, 0.6) is 0 Å². The minimum absolute atomic E-state index is 0.133. The molecule has 1 atom stereocenters. The van der Waals surface area contributed by atoms with Gasteiger partial charge in [-0.2, -0.15) is 0 Å². The molecule has 7 nitrogen and oxygen atoms in total. The first-order valence-corrected chi connectivity index (χ1v) is 9.21. The van der Waals surface area contributed by atoms with E-state index in [0.29, 0.717) is 16.7 Å². The predicted molar refractivity (Wildman–Crippen MR) is 108 cm³/mol. The lowest BCUT2D eigenvalue weighted by molar-refractivity contribution is -0.122. The number of hydrogen-bond acceptors (Lipinski definition) is 4. The first-order valence-electron chi connectivity index (χ1n) is 9.21. The molecular weight excluding hydrogens is 354 g/mol. The minimum atomic E-state index is -0.256. The molecule has 4 aromatic rings. The summed E-state index contributed by atoms with van der Waals surface area (Å²) in [6.45, 7) is 4.07.